The molecule has 1 N–H and O–H groups in total. The quantitative estimate of drug-likeness (QED) is 0.424. The van der Waals surface area contributed by atoms with Gasteiger partial charge in [0.25, 0.3) is 5.91 Å². The minimum absolute atomic E-state index is 0.175. The highest BCUT2D eigenvalue weighted by Crippen LogP contribution is 2.31. The van der Waals surface area contributed by atoms with Crippen LogP contribution in [0.2, 0.25) is 0 Å². The van der Waals surface area contributed by atoms with Crippen LogP contribution in [0.1, 0.15) is 11.1 Å². The molecular weight excluding hydrogens is 409 g/mol. The summed E-state index contributed by atoms with van der Waals surface area (Å²) < 4.78 is 16.2. The Kier molecular flexibility index (Phi) is 5.14. The molecule has 4 nitrogen and oxygen atoms in total. The summed E-state index contributed by atoms with van der Waals surface area (Å²) in [6, 6.07) is 24.2. The Morgan fingerprint density at radius 2 is 1.71 bits per heavy atom. The summed E-state index contributed by atoms with van der Waals surface area (Å²) in [6.07, 6.45) is 3.83. The summed E-state index contributed by atoms with van der Waals surface area (Å²) in [4.78, 5) is 17.6. The number of nitrogens with one attached hydrogen (secondary N) is 1. The van der Waals surface area contributed by atoms with Crippen LogP contribution in [0.5, 0.6) is 0 Å². The van der Waals surface area contributed by atoms with Gasteiger partial charge in [-0.25, -0.2) is 9.38 Å². The third kappa shape index (κ3) is 4.02. The number of amidine groups is 1. The molecule has 0 bridgehead atoms. The minimum atomic E-state index is -0.229. The first kappa shape index (κ1) is 19.3. The van der Waals surface area contributed by atoms with Gasteiger partial charge in [0, 0.05) is 28.2 Å². The topological polar surface area (TPSA) is 46.4 Å². The lowest BCUT2D eigenvalue weighted by atomic mass is 10.1. The number of aromatic nitrogens is 1. The van der Waals surface area contributed by atoms with Crippen molar-refractivity contribution in [1.29, 1.82) is 0 Å². The second kappa shape index (κ2) is 8.24. The summed E-state index contributed by atoms with van der Waals surface area (Å²) >= 11 is 1.31. The number of fused-ring (bicyclic) bond motifs is 1. The van der Waals surface area contributed by atoms with Crippen LogP contribution in [0, 0.1) is 5.82 Å². The van der Waals surface area contributed by atoms with Gasteiger partial charge in [0.2, 0.25) is 0 Å². The van der Waals surface area contributed by atoms with Crippen LogP contribution in [0.4, 0.5) is 10.1 Å². The molecule has 2 heterocycles. The van der Waals surface area contributed by atoms with Crippen LogP contribution < -0.4 is 5.32 Å². The molecule has 4 aromatic rings. The summed E-state index contributed by atoms with van der Waals surface area (Å²) in [6.45, 7) is 0.413. The van der Waals surface area contributed by atoms with Gasteiger partial charge in [-0.1, -0.05) is 54.6 Å². The Morgan fingerprint density at radius 3 is 2.55 bits per heavy atom. The largest absolute Gasteiger partial charge is 0.342 e. The van der Waals surface area contributed by atoms with E-state index in [9.17, 15) is 9.18 Å². The molecule has 0 atom stereocenters. The summed E-state index contributed by atoms with van der Waals surface area (Å²) in [7, 11) is 0. The lowest BCUT2D eigenvalue weighted by molar-refractivity contribution is -0.115. The van der Waals surface area contributed by atoms with Crippen LogP contribution in [-0.4, -0.2) is 15.6 Å². The molecule has 0 radical (unpaired) electrons. The smallest absolute Gasteiger partial charge is 0.264 e. The first-order valence-electron chi connectivity index (χ1n) is 9.83. The summed E-state index contributed by atoms with van der Waals surface area (Å²) in [5.74, 6) is -0.404. The van der Waals surface area contributed by atoms with Crippen LogP contribution in [0.25, 0.3) is 17.0 Å². The lowest BCUT2D eigenvalue weighted by Gasteiger charge is -2.06. The van der Waals surface area contributed by atoms with Crippen molar-refractivity contribution >= 4 is 45.5 Å². The number of carbonyl (C=O) groups excluding carboxylic acids is 1. The van der Waals surface area contributed by atoms with Gasteiger partial charge in [-0.2, -0.15) is 0 Å². The van der Waals surface area contributed by atoms with E-state index in [1.165, 1.54) is 17.8 Å². The van der Waals surface area contributed by atoms with Crippen molar-refractivity contribution < 1.29 is 9.18 Å². The second-order valence-corrected chi connectivity index (χ2v) is 8.17. The molecule has 0 aliphatic carbocycles. The van der Waals surface area contributed by atoms with Gasteiger partial charge in [0.15, 0.2) is 5.17 Å². The van der Waals surface area contributed by atoms with Crippen molar-refractivity contribution in [3.8, 4) is 0 Å². The maximum atomic E-state index is 14.2. The lowest BCUT2D eigenvalue weighted by Crippen LogP contribution is -2.19. The normalized spacial score (nSPS) is 16.4. The molecule has 152 valence electrons. The van der Waals surface area contributed by atoms with Gasteiger partial charge < -0.3 is 9.88 Å². The van der Waals surface area contributed by atoms with Gasteiger partial charge in [-0.15, -0.1) is 0 Å². The SMILES string of the molecule is O=C1NC(=Nc2ccccc2)S/C1=C/c1cn(Cc2ccccc2F)c2ccccc12. The highest BCUT2D eigenvalue weighted by molar-refractivity contribution is 8.18. The zero-order chi connectivity index (χ0) is 21.2. The first-order chi connectivity index (χ1) is 15.2. The van der Waals surface area contributed by atoms with E-state index >= 15 is 0 Å². The number of thioether (sulfide) groups is 1. The highest BCUT2D eigenvalue weighted by atomic mass is 32.2. The van der Waals surface area contributed by atoms with E-state index in [1.807, 2.05) is 77.5 Å². The predicted octanol–water partition coefficient (Wildman–Crippen LogP) is 5.72. The summed E-state index contributed by atoms with van der Waals surface area (Å²) in [5.41, 5.74) is 3.30. The fourth-order valence-electron chi connectivity index (χ4n) is 3.57. The van der Waals surface area contributed by atoms with Crippen molar-refractivity contribution in [1.82, 2.24) is 9.88 Å². The Balaban J connectivity index is 1.49. The van der Waals surface area contributed by atoms with Crippen LogP contribution in [-0.2, 0) is 11.3 Å². The maximum absolute atomic E-state index is 14.2. The van der Waals surface area contributed by atoms with Gasteiger partial charge in [-0.05, 0) is 42.1 Å². The molecule has 0 spiro atoms. The van der Waals surface area contributed by atoms with E-state index in [1.54, 1.807) is 12.1 Å². The number of carbonyl (C=O) groups is 1. The van der Waals surface area contributed by atoms with Crippen LogP contribution in [0.15, 0.2) is 95.0 Å². The van der Waals surface area contributed by atoms with E-state index in [-0.39, 0.29) is 11.7 Å². The van der Waals surface area contributed by atoms with Gasteiger partial charge >= 0.3 is 0 Å². The molecule has 0 unspecified atom stereocenters. The molecule has 6 heteroatoms. The molecular formula is C25H18FN3OS. The van der Waals surface area contributed by atoms with E-state index in [0.717, 1.165) is 22.2 Å². The predicted molar refractivity (Wildman–Crippen MR) is 125 cm³/mol. The van der Waals surface area contributed by atoms with Gasteiger partial charge in [0.05, 0.1) is 17.1 Å². The highest BCUT2D eigenvalue weighted by Gasteiger charge is 2.24. The number of para-hydroxylation sites is 2. The molecule has 1 fully saturated rings. The third-order valence-corrected chi connectivity index (χ3v) is 5.95. The van der Waals surface area contributed by atoms with E-state index in [4.69, 9.17) is 0 Å². The molecule has 3 aromatic carbocycles. The Labute approximate surface area is 183 Å². The van der Waals surface area contributed by atoms with E-state index in [2.05, 4.69) is 10.3 Å². The number of benzene rings is 3. The third-order valence-electron chi connectivity index (χ3n) is 5.04. The molecule has 1 aliphatic rings. The zero-order valence-corrected chi connectivity index (χ0v) is 17.3. The van der Waals surface area contributed by atoms with E-state index in [0.29, 0.717) is 22.2 Å². The molecule has 1 aliphatic heterocycles. The van der Waals surface area contributed by atoms with E-state index < -0.39 is 0 Å². The van der Waals surface area contributed by atoms with Crippen molar-refractivity contribution in [2.24, 2.45) is 4.99 Å². The molecule has 31 heavy (non-hydrogen) atoms. The number of rotatable bonds is 4. The Morgan fingerprint density at radius 1 is 0.968 bits per heavy atom. The molecule has 5 rings (SSSR count). The fourth-order valence-corrected chi connectivity index (χ4v) is 4.41. The number of nitrogens with zero attached hydrogens (tertiary/aromatic N) is 2. The monoisotopic (exact) mass is 427 g/mol. The number of aliphatic imine (C=N–C) groups is 1. The second-order valence-electron chi connectivity index (χ2n) is 7.14. The average molecular weight is 428 g/mol. The zero-order valence-electron chi connectivity index (χ0n) is 16.5. The standard InChI is InChI=1S/C25H18FN3OS/c26-21-12-6-4-8-17(21)15-29-16-18(20-11-5-7-13-22(20)29)14-23-24(30)28-25(31-23)27-19-9-2-1-3-10-19/h1-14,16H,15H2,(H,27,28,30)/b23-14+. The number of hydrogen-bond acceptors (Lipinski definition) is 3. The average Bonchev–Trinajstić information content (AvgIpc) is 3.30. The van der Waals surface area contributed by atoms with Crippen molar-refractivity contribution in [2.45, 2.75) is 6.54 Å². The molecule has 1 amide bonds. The molecule has 1 aromatic heterocycles. The fraction of sp³-hybridized carbons (Fsp3) is 0.0400. The van der Waals surface area contributed by atoms with Gasteiger partial charge in [-0.3, -0.25) is 4.79 Å². The minimum Gasteiger partial charge on any atom is -0.342 e. The van der Waals surface area contributed by atoms with Crippen LogP contribution in [0.3, 0.4) is 0 Å². The Hall–Kier alpha value is -3.64. The Bertz CT molecular complexity index is 1340. The molecule has 0 saturated carbocycles. The number of amides is 1. The van der Waals surface area contributed by atoms with Crippen molar-refractivity contribution in [3.05, 3.63) is 107 Å². The molecule has 1 saturated heterocycles. The van der Waals surface area contributed by atoms with Crippen molar-refractivity contribution in [3.63, 3.8) is 0 Å². The van der Waals surface area contributed by atoms with Crippen LogP contribution >= 0.6 is 11.8 Å². The maximum Gasteiger partial charge on any atom is 0.264 e. The van der Waals surface area contributed by atoms with Crippen molar-refractivity contribution in [2.75, 3.05) is 0 Å². The van der Waals surface area contributed by atoms with Gasteiger partial charge in [0.1, 0.15) is 5.82 Å². The number of halogens is 1. The summed E-state index contributed by atoms with van der Waals surface area (Å²) in [5, 5.41) is 4.39. The first-order valence-corrected chi connectivity index (χ1v) is 10.6. The number of hydrogen-bond donors (Lipinski definition) is 1.